The minimum absolute atomic E-state index is 0.0450. The van der Waals surface area contributed by atoms with Crippen LogP contribution in [0.3, 0.4) is 0 Å². The molecule has 4 nitrogen and oxygen atoms in total. The lowest BCUT2D eigenvalue weighted by Crippen LogP contribution is -2.57. The summed E-state index contributed by atoms with van der Waals surface area (Å²) in [4.78, 5) is 2.57. The van der Waals surface area contributed by atoms with Crippen molar-refractivity contribution in [2.24, 2.45) is 0 Å². The lowest BCUT2D eigenvalue weighted by Gasteiger charge is -2.45. The van der Waals surface area contributed by atoms with Gasteiger partial charge in [-0.3, -0.25) is 4.90 Å². The van der Waals surface area contributed by atoms with Crippen molar-refractivity contribution < 1.29 is 9.84 Å². The van der Waals surface area contributed by atoms with E-state index in [2.05, 4.69) is 22.3 Å². The Morgan fingerprint density at radius 2 is 1.95 bits per heavy atom. The van der Waals surface area contributed by atoms with E-state index in [9.17, 15) is 5.11 Å². The summed E-state index contributed by atoms with van der Waals surface area (Å²) in [6, 6.07) is 9.07. The van der Waals surface area contributed by atoms with Crippen molar-refractivity contribution in [1.29, 1.82) is 0 Å². The molecule has 122 valence electrons. The van der Waals surface area contributed by atoms with Crippen molar-refractivity contribution in [3.05, 3.63) is 34.9 Å². The van der Waals surface area contributed by atoms with Crippen LogP contribution in [-0.4, -0.2) is 61.0 Å². The van der Waals surface area contributed by atoms with Crippen LogP contribution >= 0.6 is 11.6 Å². The molecule has 0 bridgehead atoms. The number of aliphatic hydroxyl groups excluding tert-OH is 1. The number of rotatable bonds is 4. The molecule has 2 heterocycles. The van der Waals surface area contributed by atoms with Crippen molar-refractivity contribution >= 4 is 11.6 Å². The summed E-state index contributed by atoms with van der Waals surface area (Å²) >= 11 is 5.97. The van der Waals surface area contributed by atoms with Gasteiger partial charge in [-0.25, -0.2) is 0 Å². The van der Waals surface area contributed by atoms with Crippen LogP contribution in [0.2, 0.25) is 5.02 Å². The Morgan fingerprint density at radius 3 is 2.64 bits per heavy atom. The van der Waals surface area contributed by atoms with Crippen molar-refractivity contribution in [3.8, 4) is 0 Å². The SMILES string of the molecule is OC[C@H]1CN(C2CCNCC2)[C@@H](Cc2ccc(Cl)cc2)CO1. The molecule has 5 heteroatoms. The van der Waals surface area contributed by atoms with Crippen LogP contribution in [0.4, 0.5) is 0 Å². The van der Waals surface area contributed by atoms with E-state index >= 15 is 0 Å². The summed E-state index contributed by atoms with van der Waals surface area (Å²) in [5, 5.41) is 13.6. The van der Waals surface area contributed by atoms with E-state index in [1.807, 2.05) is 12.1 Å². The first kappa shape index (κ1) is 16.2. The van der Waals surface area contributed by atoms with Crippen LogP contribution in [-0.2, 0) is 11.2 Å². The molecule has 2 aliphatic heterocycles. The highest BCUT2D eigenvalue weighted by Crippen LogP contribution is 2.23. The van der Waals surface area contributed by atoms with E-state index in [1.54, 1.807) is 0 Å². The highest BCUT2D eigenvalue weighted by Gasteiger charge is 2.33. The predicted molar refractivity (Wildman–Crippen MR) is 88.4 cm³/mol. The van der Waals surface area contributed by atoms with Crippen LogP contribution in [0.25, 0.3) is 0 Å². The van der Waals surface area contributed by atoms with Crippen molar-refractivity contribution in [2.45, 2.75) is 37.5 Å². The zero-order chi connectivity index (χ0) is 15.4. The highest BCUT2D eigenvalue weighted by molar-refractivity contribution is 6.30. The van der Waals surface area contributed by atoms with Gasteiger partial charge in [-0.2, -0.15) is 0 Å². The molecule has 2 aliphatic rings. The Morgan fingerprint density at radius 1 is 1.23 bits per heavy atom. The lowest BCUT2D eigenvalue weighted by atomic mass is 9.97. The van der Waals surface area contributed by atoms with Gasteiger partial charge in [0.1, 0.15) is 0 Å². The first-order valence-electron chi connectivity index (χ1n) is 8.19. The van der Waals surface area contributed by atoms with E-state index in [0.717, 1.165) is 31.1 Å². The molecule has 0 amide bonds. The summed E-state index contributed by atoms with van der Waals surface area (Å²) in [5.41, 5.74) is 1.29. The van der Waals surface area contributed by atoms with Gasteiger partial charge in [-0.05, 0) is 50.0 Å². The van der Waals surface area contributed by atoms with Crippen molar-refractivity contribution in [1.82, 2.24) is 10.2 Å². The molecule has 1 aromatic rings. The summed E-state index contributed by atoms with van der Waals surface area (Å²) in [6.45, 7) is 3.80. The highest BCUT2D eigenvalue weighted by atomic mass is 35.5. The van der Waals surface area contributed by atoms with Gasteiger partial charge in [0, 0.05) is 23.7 Å². The minimum Gasteiger partial charge on any atom is -0.394 e. The molecule has 2 saturated heterocycles. The summed E-state index contributed by atoms with van der Waals surface area (Å²) in [7, 11) is 0. The van der Waals surface area contributed by atoms with Crippen LogP contribution in [0.5, 0.6) is 0 Å². The summed E-state index contributed by atoms with van der Waals surface area (Å²) in [5.74, 6) is 0. The fraction of sp³-hybridized carbons (Fsp3) is 0.647. The predicted octanol–water partition coefficient (Wildman–Crippen LogP) is 1.70. The number of nitrogens with zero attached hydrogens (tertiary/aromatic N) is 1. The molecule has 0 saturated carbocycles. The largest absolute Gasteiger partial charge is 0.394 e. The van der Waals surface area contributed by atoms with Gasteiger partial charge >= 0.3 is 0 Å². The molecule has 0 spiro atoms. The van der Waals surface area contributed by atoms with E-state index in [-0.39, 0.29) is 12.7 Å². The number of aliphatic hydroxyl groups is 1. The molecule has 0 radical (unpaired) electrons. The van der Waals surface area contributed by atoms with Gasteiger partial charge in [-0.15, -0.1) is 0 Å². The number of ether oxygens (including phenoxy) is 1. The standard InChI is InChI=1S/C17H25ClN2O2/c18-14-3-1-13(2-4-14)9-16-12-22-17(11-21)10-20(16)15-5-7-19-8-6-15/h1-4,15-17,19,21H,5-12H2/t16-,17+/m0/s1. The molecule has 1 aromatic carbocycles. The third-order valence-electron chi connectivity index (χ3n) is 4.77. The third kappa shape index (κ3) is 4.00. The molecule has 22 heavy (non-hydrogen) atoms. The molecule has 2 N–H and O–H groups in total. The van der Waals surface area contributed by atoms with Gasteiger partial charge < -0.3 is 15.2 Å². The van der Waals surface area contributed by atoms with Crippen LogP contribution in [0.1, 0.15) is 18.4 Å². The lowest BCUT2D eigenvalue weighted by molar-refractivity contribution is -0.0985. The number of halogens is 1. The zero-order valence-electron chi connectivity index (χ0n) is 12.9. The Bertz CT molecular complexity index is 462. The van der Waals surface area contributed by atoms with E-state index in [4.69, 9.17) is 16.3 Å². The number of benzene rings is 1. The van der Waals surface area contributed by atoms with E-state index in [1.165, 1.54) is 18.4 Å². The Kier molecular flexibility index (Phi) is 5.71. The molecule has 2 atom stereocenters. The maximum atomic E-state index is 9.44. The zero-order valence-corrected chi connectivity index (χ0v) is 13.6. The molecule has 0 aliphatic carbocycles. The smallest absolute Gasteiger partial charge is 0.0933 e. The maximum absolute atomic E-state index is 9.44. The van der Waals surface area contributed by atoms with Gasteiger partial charge in [0.05, 0.1) is 19.3 Å². The maximum Gasteiger partial charge on any atom is 0.0933 e. The van der Waals surface area contributed by atoms with Gasteiger partial charge in [-0.1, -0.05) is 23.7 Å². The normalized spacial score (nSPS) is 27.9. The van der Waals surface area contributed by atoms with E-state index in [0.29, 0.717) is 18.7 Å². The fourth-order valence-corrected chi connectivity index (χ4v) is 3.67. The average Bonchev–Trinajstić information content (AvgIpc) is 2.58. The number of nitrogens with one attached hydrogen (secondary N) is 1. The monoisotopic (exact) mass is 324 g/mol. The number of hydrogen-bond donors (Lipinski definition) is 2. The molecule has 0 unspecified atom stereocenters. The Hall–Kier alpha value is -0.650. The minimum atomic E-state index is -0.0450. The second-order valence-corrected chi connectivity index (χ2v) is 6.74. The third-order valence-corrected chi connectivity index (χ3v) is 5.03. The summed E-state index contributed by atoms with van der Waals surface area (Å²) in [6.07, 6.45) is 3.28. The van der Waals surface area contributed by atoms with E-state index < -0.39 is 0 Å². The second kappa shape index (κ2) is 7.75. The molecule has 3 rings (SSSR count). The number of morpholine rings is 1. The molecule has 2 fully saturated rings. The first-order valence-corrected chi connectivity index (χ1v) is 8.57. The topological polar surface area (TPSA) is 44.7 Å². The Labute approximate surface area is 137 Å². The van der Waals surface area contributed by atoms with Gasteiger partial charge in [0.15, 0.2) is 0 Å². The van der Waals surface area contributed by atoms with Gasteiger partial charge in [0.2, 0.25) is 0 Å². The van der Waals surface area contributed by atoms with Crippen LogP contribution in [0.15, 0.2) is 24.3 Å². The Balaban J connectivity index is 1.70. The first-order chi connectivity index (χ1) is 10.8. The second-order valence-electron chi connectivity index (χ2n) is 6.30. The van der Waals surface area contributed by atoms with Gasteiger partial charge in [0.25, 0.3) is 0 Å². The fourth-order valence-electron chi connectivity index (χ4n) is 3.54. The molecular weight excluding hydrogens is 300 g/mol. The quantitative estimate of drug-likeness (QED) is 0.885. The van der Waals surface area contributed by atoms with Crippen LogP contribution in [0, 0.1) is 0 Å². The molecule has 0 aromatic heterocycles. The number of piperidine rings is 1. The summed E-state index contributed by atoms with van der Waals surface area (Å²) < 4.78 is 5.82. The van der Waals surface area contributed by atoms with Crippen molar-refractivity contribution in [3.63, 3.8) is 0 Å². The van der Waals surface area contributed by atoms with Crippen LogP contribution < -0.4 is 5.32 Å². The number of hydrogen-bond acceptors (Lipinski definition) is 4. The molecular formula is C17H25ClN2O2. The van der Waals surface area contributed by atoms with Crippen molar-refractivity contribution in [2.75, 3.05) is 32.8 Å². The average molecular weight is 325 g/mol.